The number of hydrogen-bond acceptors (Lipinski definition) is 1. The van der Waals surface area contributed by atoms with Crippen LogP contribution in [0.5, 0.6) is 0 Å². The van der Waals surface area contributed by atoms with Crippen LogP contribution >= 0.6 is 11.8 Å². The summed E-state index contributed by atoms with van der Waals surface area (Å²) in [7, 11) is 0. The molecule has 1 aliphatic rings. The Labute approximate surface area is 84.2 Å². The molecule has 0 unspecified atom stereocenters. The summed E-state index contributed by atoms with van der Waals surface area (Å²) in [5.41, 5.74) is 1.41. The monoisotopic (exact) mass is 195 g/mol. The van der Waals surface area contributed by atoms with E-state index >= 15 is 0 Å². The van der Waals surface area contributed by atoms with E-state index < -0.39 is 0 Å². The van der Waals surface area contributed by atoms with Crippen LogP contribution in [-0.4, -0.2) is 6.04 Å². The van der Waals surface area contributed by atoms with Crippen molar-refractivity contribution in [2.75, 3.05) is 0 Å². The van der Waals surface area contributed by atoms with Crippen LogP contribution in [0.4, 0.5) is 0 Å². The Balaban J connectivity index is 2.16. The molecule has 2 atom stereocenters. The standard InChI is InChI=1S/C11H14ClN/c12-13-11-8-4-7-10(11)9-5-2-1-3-6-9/h1-3,5-6,10-11,13H,4,7-8H2/t10-,11+/m0/s1. The van der Waals surface area contributed by atoms with E-state index in [1.165, 1.54) is 24.8 Å². The predicted octanol–water partition coefficient (Wildman–Crippen LogP) is 3.07. The fourth-order valence-corrected chi connectivity index (χ4v) is 2.45. The minimum Gasteiger partial charge on any atom is -0.230 e. The minimum absolute atomic E-state index is 0.462. The zero-order valence-electron chi connectivity index (χ0n) is 7.54. The molecule has 1 N–H and O–H groups in total. The molecule has 70 valence electrons. The van der Waals surface area contributed by atoms with Gasteiger partial charge in [-0.05, 0) is 30.2 Å². The minimum atomic E-state index is 0.462. The molecule has 0 aromatic heterocycles. The Kier molecular flexibility index (Phi) is 2.87. The summed E-state index contributed by atoms with van der Waals surface area (Å²) in [6.07, 6.45) is 3.74. The molecule has 1 fully saturated rings. The lowest BCUT2D eigenvalue weighted by Crippen LogP contribution is -2.23. The van der Waals surface area contributed by atoms with Crippen molar-refractivity contribution in [2.45, 2.75) is 31.2 Å². The highest BCUT2D eigenvalue weighted by Crippen LogP contribution is 2.34. The third-order valence-electron chi connectivity index (χ3n) is 2.88. The first-order valence-electron chi connectivity index (χ1n) is 4.83. The lowest BCUT2D eigenvalue weighted by atomic mass is 9.95. The Bertz CT molecular complexity index is 260. The molecule has 13 heavy (non-hydrogen) atoms. The third-order valence-corrected chi connectivity index (χ3v) is 3.16. The maximum atomic E-state index is 5.70. The van der Waals surface area contributed by atoms with Gasteiger partial charge in [0.25, 0.3) is 0 Å². The highest BCUT2D eigenvalue weighted by atomic mass is 35.5. The summed E-state index contributed by atoms with van der Waals surface area (Å²) in [6.45, 7) is 0. The van der Waals surface area contributed by atoms with Crippen molar-refractivity contribution < 1.29 is 0 Å². The van der Waals surface area contributed by atoms with Gasteiger partial charge < -0.3 is 0 Å². The van der Waals surface area contributed by atoms with Crippen molar-refractivity contribution in [1.82, 2.24) is 4.84 Å². The molecule has 2 rings (SSSR count). The van der Waals surface area contributed by atoms with E-state index in [2.05, 4.69) is 35.2 Å². The molecular weight excluding hydrogens is 182 g/mol. The van der Waals surface area contributed by atoms with E-state index in [-0.39, 0.29) is 0 Å². The SMILES string of the molecule is ClN[C@@H]1CCC[C@H]1c1ccccc1. The Morgan fingerprint density at radius 3 is 2.62 bits per heavy atom. The fourth-order valence-electron chi connectivity index (χ4n) is 2.19. The van der Waals surface area contributed by atoms with Crippen LogP contribution in [0, 0.1) is 0 Å². The molecule has 0 heterocycles. The zero-order valence-corrected chi connectivity index (χ0v) is 8.30. The second kappa shape index (κ2) is 4.12. The Hall–Kier alpha value is -0.530. The van der Waals surface area contributed by atoms with Crippen molar-refractivity contribution in [3.63, 3.8) is 0 Å². The highest BCUT2D eigenvalue weighted by Gasteiger charge is 2.27. The van der Waals surface area contributed by atoms with E-state index in [1.54, 1.807) is 0 Å². The van der Waals surface area contributed by atoms with Gasteiger partial charge in [-0.2, -0.15) is 0 Å². The maximum Gasteiger partial charge on any atom is 0.0289 e. The van der Waals surface area contributed by atoms with Gasteiger partial charge in [-0.3, -0.25) is 0 Å². The number of rotatable bonds is 2. The van der Waals surface area contributed by atoms with Crippen LogP contribution in [0.2, 0.25) is 0 Å². The largest absolute Gasteiger partial charge is 0.230 e. The Morgan fingerprint density at radius 1 is 1.15 bits per heavy atom. The first-order valence-corrected chi connectivity index (χ1v) is 5.20. The summed E-state index contributed by atoms with van der Waals surface area (Å²) in [4.78, 5) is 2.88. The van der Waals surface area contributed by atoms with E-state index in [9.17, 15) is 0 Å². The number of benzene rings is 1. The number of hydrogen-bond donors (Lipinski definition) is 1. The van der Waals surface area contributed by atoms with Gasteiger partial charge >= 0.3 is 0 Å². The van der Waals surface area contributed by atoms with E-state index in [0.29, 0.717) is 12.0 Å². The second-order valence-electron chi connectivity index (χ2n) is 3.66. The van der Waals surface area contributed by atoms with Gasteiger partial charge in [0.05, 0.1) is 0 Å². The molecule has 0 spiro atoms. The first kappa shape index (κ1) is 9.04. The zero-order chi connectivity index (χ0) is 9.10. The average Bonchev–Trinajstić information content (AvgIpc) is 2.67. The van der Waals surface area contributed by atoms with Gasteiger partial charge in [-0.15, -0.1) is 0 Å². The lowest BCUT2D eigenvalue weighted by Gasteiger charge is -2.17. The van der Waals surface area contributed by atoms with E-state index in [1.807, 2.05) is 0 Å². The molecule has 1 nitrogen and oxygen atoms in total. The van der Waals surface area contributed by atoms with Crippen LogP contribution in [0.3, 0.4) is 0 Å². The maximum absolute atomic E-state index is 5.70. The van der Waals surface area contributed by atoms with E-state index in [4.69, 9.17) is 11.8 Å². The number of halogens is 1. The molecule has 2 heteroatoms. The second-order valence-corrected chi connectivity index (χ2v) is 3.88. The average molecular weight is 196 g/mol. The van der Waals surface area contributed by atoms with E-state index in [0.717, 1.165) is 0 Å². The topological polar surface area (TPSA) is 12.0 Å². The van der Waals surface area contributed by atoms with Gasteiger partial charge in [0.15, 0.2) is 0 Å². The van der Waals surface area contributed by atoms with Crippen LogP contribution in [-0.2, 0) is 0 Å². The van der Waals surface area contributed by atoms with Crippen LogP contribution in [0.15, 0.2) is 30.3 Å². The van der Waals surface area contributed by atoms with Gasteiger partial charge in [0.2, 0.25) is 0 Å². The summed E-state index contributed by atoms with van der Waals surface area (Å²) >= 11 is 5.70. The molecular formula is C11H14ClN. The molecule has 0 amide bonds. The van der Waals surface area contributed by atoms with Crippen molar-refractivity contribution in [2.24, 2.45) is 0 Å². The molecule has 0 aliphatic heterocycles. The lowest BCUT2D eigenvalue weighted by molar-refractivity contribution is 0.573. The van der Waals surface area contributed by atoms with Crippen LogP contribution < -0.4 is 4.84 Å². The molecule has 1 saturated carbocycles. The molecule has 1 aromatic rings. The summed E-state index contributed by atoms with van der Waals surface area (Å²) in [6, 6.07) is 11.1. The summed E-state index contributed by atoms with van der Waals surface area (Å²) in [5, 5.41) is 0. The normalized spacial score (nSPS) is 27.8. The molecule has 1 aliphatic carbocycles. The molecule has 0 bridgehead atoms. The number of nitrogens with one attached hydrogen (secondary N) is 1. The Morgan fingerprint density at radius 2 is 1.92 bits per heavy atom. The molecule has 1 aromatic carbocycles. The van der Waals surface area contributed by atoms with Crippen LogP contribution in [0.1, 0.15) is 30.7 Å². The highest BCUT2D eigenvalue weighted by molar-refractivity contribution is 6.13. The fraction of sp³-hybridized carbons (Fsp3) is 0.455. The van der Waals surface area contributed by atoms with Gasteiger partial charge in [0.1, 0.15) is 0 Å². The third kappa shape index (κ3) is 1.87. The van der Waals surface area contributed by atoms with Crippen molar-refractivity contribution in [3.05, 3.63) is 35.9 Å². The van der Waals surface area contributed by atoms with Crippen molar-refractivity contribution in [3.8, 4) is 0 Å². The predicted molar refractivity (Wildman–Crippen MR) is 55.8 cm³/mol. The molecule has 0 radical (unpaired) electrons. The quantitative estimate of drug-likeness (QED) is 0.716. The van der Waals surface area contributed by atoms with Gasteiger partial charge in [0, 0.05) is 12.0 Å². The first-order chi connectivity index (χ1) is 6.42. The summed E-state index contributed by atoms with van der Waals surface area (Å²) in [5.74, 6) is 0.610. The molecule has 0 saturated heterocycles. The van der Waals surface area contributed by atoms with Crippen molar-refractivity contribution in [1.29, 1.82) is 0 Å². The van der Waals surface area contributed by atoms with Gasteiger partial charge in [-0.25, -0.2) is 4.84 Å². The smallest absolute Gasteiger partial charge is 0.0289 e. The van der Waals surface area contributed by atoms with Gasteiger partial charge in [-0.1, -0.05) is 36.8 Å². The van der Waals surface area contributed by atoms with Crippen LogP contribution in [0.25, 0.3) is 0 Å². The summed E-state index contributed by atoms with van der Waals surface area (Å²) < 4.78 is 0. The van der Waals surface area contributed by atoms with Crippen molar-refractivity contribution >= 4 is 11.8 Å².